The summed E-state index contributed by atoms with van der Waals surface area (Å²) in [7, 11) is 0. The minimum atomic E-state index is 0.0895. The zero-order valence-corrected chi connectivity index (χ0v) is 16.6. The number of amides is 1. The summed E-state index contributed by atoms with van der Waals surface area (Å²) in [6.07, 6.45) is 5.62. The van der Waals surface area contributed by atoms with Gasteiger partial charge < -0.3 is 10.6 Å². The lowest BCUT2D eigenvalue weighted by Gasteiger charge is -2.17. The molecule has 0 bridgehead atoms. The smallest absolute Gasteiger partial charge is 0.224 e. The number of aryl methyl sites for hydroxylation is 2. The summed E-state index contributed by atoms with van der Waals surface area (Å²) < 4.78 is 0. The van der Waals surface area contributed by atoms with Gasteiger partial charge in [-0.15, -0.1) is 0 Å². The molecule has 0 radical (unpaired) electrons. The van der Waals surface area contributed by atoms with Gasteiger partial charge in [0.1, 0.15) is 5.82 Å². The molecule has 144 valence electrons. The average Bonchev–Trinajstić information content (AvgIpc) is 2.66. The van der Waals surface area contributed by atoms with E-state index in [1.165, 1.54) is 17.5 Å². The Hall–Kier alpha value is -2.36. The molecule has 2 aromatic rings. The molecule has 4 nitrogen and oxygen atoms in total. The number of rotatable bonds is 8. The largest absolute Gasteiger partial charge is 0.370 e. The van der Waals surface area contributed by atoms with Crippen LogP contribution in [-0.2, 0) is 30.5 Å². The summed E-state index contributed by atoms with van der Waals surface area (Å²) in [6.45, 7) is 6.14. The van der Waals surface area contributed by atoms with E-state index in [1.54, 1.807) is 0 Å². The Labute approximate surface area is 162 Å². The van der Waals surface area contributed by atoms with Crippen LogP contribution in [0.5, 0.6) is 0 Å². The number of hydrogen-bond donors (Lipinski definition) is 2. The summed E-state index contributed by atoms with van der Waals surface area (Å²) in [5.41, 5.74) is 4.82. The number of aromatic nitrogens is 1. The van der Waals surface area contributed by atoms with Crippen molar-refractivity contribution >= 4 is 11.7 Å². The summed E-state index contributed by atoms with van der Waals surface area (Å²) >= 11 is 0. The number of nitrogens with one attached hydrogen (secondary N) is 2. The first-order chi connectivity index (χ1) is 13.1. The van der Waals surface area contributed by atoms with E-state index in [1.807, 2.05) is 0 Å². The molecule has 0 aliphatic carbocycles. The van der Waals surface area contributed by atoms with Gasteiger partial charge in [0, 0.05) is 18.8 Å². The third-order valence-electron chi connectivity index (χ3n) is 4.92. The van der Waals surface area contributed by atoms with Crippen molar-refractivity contribution in [3.63, 3.8) is 0 Å². The van der Waals surface area contributed by atoms with E-state index in [9.17, 15) is 4.79 Å². The fourth-order valence-electron chi connectivity index (χ4n) is 3.52. The standard InChI is InChI=1S/C23H31N3O/c1-17(2)15-18-7-9-19(10-8-18)16-22(27)24-13-4-6-21-12-11-20-5-3-14-25-23(20)26-21/h7-12,17H,3-6,13-16H2,1-2H3,(H,24,27)(H,25,26). The van der Waals surface area contributed by atoms with E-state index in [0.717, 1.165) is 49.3 Å². The van der Waals surface area contributed by atoms with E-state index in [-0.39, 0.29) is 5.91 Å². The van der Waals surface area contributed by atoms with Crippen LogP contribution in [0.2, 0.25) is 0 Å². The number of anilines is 1. The normalized spacial score (nSPS) is 13.1. The zero-order valence-electron chi connectivity index (χ0n) is 16.6. The molecule has 2 heterocycles. The van der Waals surface area contributed by atoms with Gasteiger partial charge in [0.2, 0.25) is 5.91 Å². The van der Waals surface area contributed by atoms with Crippen LogP contribution in [0.3, 0.4) is 0 Å². The molecule has 3 rings (SSSR count). The van der Waals surface area contributed by atoms with Gasteiger partial charge in [-0.05, 0) is 60.8 Å². The van der Waals surface area contributed by atoms with Crippen LogP contribution in [0.15, 0.2) is 36.4 Å². The molecule has 0 saturated heterocycles. The number of hydrogen-bond acceptors (Lipinski definition) is 3. The third kappa shape index (κ3) is 6.09. The first kappa shape index (κ1) is 19.4. The Morgan fingerprint density at radius 2 is 1.93 bits per heavy atom. The quantitative estimate of drug-likeness (QED) is 0.697. The summed E-state index contributed by atoms with van der Waals surface area (Å²) in [5.74, 6) is 1.79. The molecule has 0 spiro atoms. The maximum Gasteiger partial charge on any atom is 0.224 e. The molecule has 1 aliphatic rings. The van der Waals surface area contributed by atoms with Crippen molar-refractivity contribution in [1.82, 2.24) is 10.3 Å². The van der Waals surface area contributed by atoms with E-state index in [2.05, 4.69) is 60.9 Å². The molecule has 0 fully saturated rings. The number of carbonyl (C=O) groups excluding carboxylic acids is 1. The lowest BCUT2D eigenvalue weighted by molar-refractivity contribution is -0.120. The maximum atomic E-state index is 12.1. The van der Waals surface area contributed by atoms with Gasteiger partial charge >= 0.3 is 0 Å². The van der Waals surface area contributed by atoms with Crippen LogP contribution in [0.1, 0.15) is 49.1 Å². The Kier molecular flexibility index (Phi) is 6.86. The Bertz CT molecular complexity index is 753. The van der Waals surface area contributed by atoms with Crippen molar-refractivity contribution < 1.29 is 4.79 Å². The predicted octanol–water partition coefficient (Wildman–Crippen LogP) is 3.93. The minimum absolute atomic E-state index is 0.0895. The number of fused-ring (bicyclic) bond motifs is 1. The molecule has 1 amide bonds. The number of pyridine rings is 1. The molecule has 0 atom stereocenters. The van der Waals surface area contributed by atoms with Crippen molar-refractivity contribution in [3.8, 4) is 0 Å². The van der Waals surface area contributed by atoms with Crippen molar-refractivity contribution in [2.45, 2.75) is 52.4 Å². The highest BCUT2D eigenvalue weighted by molar-refractivity contribution is 5.78. The SMILES string of the molecule is CC(C)Cc1ccc(CC(=O)NCCCc2ccc3c(n2)NCCC3)cc1. The fourth-order valence-corrected chi connectivity index (χ4v) is 3.52. The molecule has 27 heavy (non-hydrogen) atoms. The molecule has 1 aromatic carbocycles. The van der Waals surface area contributed by atoms with Gasteiger partial charge in [-0.3, -0.25) is 4.79 Å². The van der Waals surface area contributed by atoms with E-state index in [0.29, 0.717) is 18.9 Å². The highest BCUT2D eigenvalue weighted by Gasteiger charge is 2.10. The van der Waals surface area contributed by atoms with Crippen molar-refractivity contribution in [2.24, 2.45) is 5.92 Å². The molecule has 2 N–H and O–H groups in total. The zero-order chi connectivity index (χ0) is 19.1. The molecular weight excluding hydrogens is 334 g/mol. The van der Waals surface area contributed by atoms with Gasteiger partial charge in [-0.1, -0.05) is 44.2 Å². The lowest BCUT2D eigenvalue weighted by Crippen LogP contribution is -2.26. The van der Waals surface area contributed by atoms with E-state index < -0.39 is 0 Å². The van der Waals surface area contributed by atoms with Gasteiger partial charge in [0.25, 0.3) is 0 Å². The second kappa shape index (κ2) is 9.54. The molecule has 4 heteroatoms. The van der Waals surface area contributed by atoms with Crippen LogP contribution in [-0.4, -0.2) is 24.0 Å². The number of benzene rings is 1. The predicted molar refractivity (Wildman–Crippen MR) is 111 cm³/mol. The molecule has 0 saturated carbocycles. The lowest BCUT2D eigenvalue weighted by atomic mass is 10.0. The van der Waals surface area contributed by atoms with Gasteiger partial charge in [0.15, 0.2) is 0 Å². The van der Waals surface area contributed by atoms with Crippen LogP contribution in [0, 0.1) is 5.92 Å². The monoisotopic (exact) mass is 365 g/mol. The highest BCUT2D eigenvalue weighted by Crippen LogP contribution is 2.20. The fraction of sp³-hybridized carbons (Fsp3) is 0.478. The second-order valence-electron chi connectivity index (χ2n) is 7.89. The van der Waals surface area contributed by atoms with Gasteiger partial charge in [-0.2, -0.15) is 0 Å². The average molecular weight is 366 g/mol. The first-order valence-corrected chi connectivity index (χ1v) is 10.2. The van der Waals surface area contributed by atoms with Gasteiger partial charge in [-0.25, -0.2) is 4.98 Å². The highest BCUT2D eigenvalue weighted by atomic mass is 16.1. The Balaban J connectivity index is 1.38. The van der Waals surface area contributed by atoms with Crippen LogP contribution in [0.4, 0.5) is 5.82 Å². The van der Waals surface area contributed by atoms with E-state index >= 15 is 0 Å². The van der Waals surface area contributed by atoms with Crippen LogP contribution in [0.25, 0.3) is 0 Å². The third-order valence-corrected chi connectivity index (χ3v) is 4.92. The van der Waals surface area contributed by atoms with Crippen LogP contribution < -0.4 is 10.6 Å². The number of nitrogens with zero attached hydrogens (tertiary/aromatic N) is 1. The van der Waals surface area contributed by atoms with Crippen molar-refractivity contribution in [2.75, 3.05) is 18.4 Å². The maximum absolute atomic E-state index is 12.1. The van der Waals surface area contributed by atoms with Crippen molar-refractivity contribution in [1.29, 1.82) is 0 Å². The molecule has 1 aliphatic heterocycles. The molecule has 0 unspecified atom stereocenters. The van der Waals surface area contributed by atoms with Crippen LogP contribution >= 0.6 is 0 Å². The summed E-state index contributed by atoms with van der Waals surface area (Å²) in [5, 5.41) is 6.40. The minimum Gasteiger partial charge on any atom is -0.370 e. The summed E-state index contributed by atoms with van der Waals surface area (Å²) in [4.78, 5) is 16.8. The first-order valence-electron chi connectivity index (χ1n) is 10.2. The molecule has 1 aromatic heterocycles. The Morgan fingerprint density at radius 3 is 2.70 bits per heavy atom. The summed E-state index contributed by atoms with van der Waals surface area (Å²) in [6, 6.07) is 12.7. The van der Waals surface area contributed by atoms with Crippen molar-refractivity contribution in [3.05, 3.63) is 58.8 Å². The second-order valence-corrected chi connectivity index (χ2v) is 7.89. The molecular formula is C23H31N3O. The Morgan fingerprint density at radius 1 is 1.15 bits per heavy atom. The number of carbonyl (C=O) groups is 1. The topological polar surface area (TPSA) is 54.0 Å². The van der Waals surface area contributed by atoms with Gasteiger partial charge in [0.05, 0.1) is 6.42 Å². The van der Waals surface area contributed by atoms with E-state index in [4.69, 9.17) is 4.98 Å².